The van der Waals surface area contributed by atoms with Gasteiger partial charge >= 0.3 is 0 Å². The zero-order chi connectivity index (χ0) is 12.3. The van der Waals surface area contributed by atoms with E-state index in [0.717, 1.165) is 5.56 Å². The van der Waals surface area contributed by atoms with Gasteiger partial charge in [-0.1, -0.05) is 53.3 Å². The van der Waals surface area contributed by atoms with Crippen LogP contribution in [0.4, 0.5) is 0 Å². The van der Waals surface area contributed by atoms with Gasteiger partial charge < -0.3 is 0 Å². The molecule has 1 unspecified atom stereocenters. The molecular weight excluding hydrogens is 286 g/mol. The van der Waals surface area contributed by atoms with E-state index in [2.05, 4.69) is 11.8 Å². The summed E-state index contributed by atoms with van der Waals surface area (Å²) >= 11 is 24.1. The molecule has 0 aromatic heterocycles. The summed E-state index contributed by atoms with van der Waals surface area (Å²) in [5.74, 6) is 6.05. The summed E-state index contributed by atoms with van der Waals surface area (Å²) in [5, 5.41) is 1.76. The van der Waals surface area contributed by atoms with Crippen LogP contribution >= 0.6 is 46.4 Å². The van der Waals surface area contributed by atoms with Gasteiger partial charge in [0.25, 0.3) is 0 Å². The Morgan fingerprint density at radius 3 is 2.06 bits per heavy atom. The number of hydrogen-bond donors (Lipinski definition) is 0. The van der Waals surface area contributed by atoms with Gasteiger partial charge in [-0.3, -0.25) is 0 Å². The molecule has 16 heavy (non-hydrogen) atoms. The first-order chi connectivity index (χ1) is 7.47. The molecule has 0 aliphatic rings. The van der Waals surface area contributed by atoms with Crippen LogP contribution in [0.1, 0.15) is 19.4 Å². The molecule has 0 radical (unpaired) electrons. The fraction of sp³-hybridized carbons (Fsp3) is 0.333. The molecule has 4 heteroatoms. The predicted molar refractivity (Wildman–Crippen MR) is 72.8 cm³/mol. The van der Waals surface area contributed by atoms with Crippen molar-refractivity contribution in [3.05, 3.63) is 31.7 Å². The first-order valence-corrected chi connectivity index (χ1v) is 6.22. The Labute approximate surface area is 116 Å². The van der Waals surface area contributed by atoms with Crippen molar-refractivity contribution in [3.8, 4) is 11.8 Å². The van der Waals surface area contributed by atoms with Crippen molar-refractivity contribution in [2.45, 2.75) is 20.3 Å². The highest BCUT2D eigenvalue weighted by Gasteiger charge is 2.15. The number of benzene rings is 1. The van der Waals surface area contributed by atoms with E-state index in [1.54, 1.807) is 13.0 Å². The molecule has 0 spiro atoms. The maximum atomic E-state index is 6.09. The van der Waals surface area contributed by atoms with Crippen molar-refractivity contribution >= 4 is 46.4 Å². The van der Waals surface area contributed by atoms with Crippen LogP contribution in [0.15, 0.2) is 6.07 Å². The van der Waals surface area contributed by atoms with Crippen molar-refractivity contribution in [2.75, 3.05) is 0 Å². The highest BCUT2D eigenvalue weighted by atomic mass is 35.5. The van der Waals surface area contributed by atoms with Gasteiger partial charge in [-0.15, -0.1) is 11.8 Å². The van der Waals surface area contributed by atoms with Gasteiger partial charge in [-0.2, -0.15) is 0 Å². The van der Waals surface area contributed by atoms with Crippen molar-refractivity contribution in [1.29, 1.82) is 0 Å². The average molecular weight is 296 g/mol. The molecule has 1 rings (SSSR count). The van der Waals surface area contributed by atoms with Crippen LogP contribution in [-0.2, 0) is 6.42 Å². The maximum Gasteiger partial charge on any atom is 0.0640 e. The molecule has 0 nitrogen and oxygen atoms in total. The summed E-state index contributed by atoms with van der Waals surface area (Å²) in [6.07, 6.45) is 0.638. The predicted octanol–water partition coefficient (Wildman–Crippen LogP) is 5.50. The lowest BCUT2D eigenvalue weighted by molar-refractivity contribution is 0.750. The maximum absolute atomic E-state index is 6.09. The van der Waals surface area contributed by atoms with Gasteiger partial charge in [0, 0.05) is 5.92 Å². The molecule has 0 saturated carbocycles. The Balaban J connectivity index is 3.15. The molecular formula is C12H10Cl4. The van der Waals surface area contributed by atoms with Crippen LogP contribution in [0.25, 0.3) is 0 Å². The highest BCUT2D eigenvalue weighted by Crippen LogP contribution is 2.38. The molecule has 0 saturated heterocycles. The minimum Gasteiger partial charge on any atom is -0.106 e. The fourth-order valence-electron chi connectivity index (χ4n) is 1.41. The minimum absolute atomic E-state index is 0.162. The molecule has 0 heterocycles. The summed E-state index contributed by atoms with van der Waals surface area (Å²) in [5.41, 5.74) is 0.760. The molecule has 1 aromatic rings. The summed E-state index contributed by atoms with van der Waals surface area (Å²) in [4.78, 5) is 0. The monoisotopic (exact) mass is 294 g/mol. The third-order valence-electron chi connectivity index (χ3n) is 2.10. The van der Waals surface area contributed by atoms with Crippen molar-refractivity contribution in [1.82, 2.24) is 0 Å². The van der Waals surface area contributed by atoms with E-state index < -0.39 is 0 Å². The second kappa shape index (κ2) is 6.03. The van der Waals surface area contributed by atoms with Crippen LogP contribution in [0, 0.1) is 17.8 Å². The molecule has 0 N–H and O–H groups in total. The van der Waals surface area contributed by atoms with E-state index >= 15 is 0 Å². The highest BCUT2D eigenvalue weighted by molar-refractivity contribution is 6.48. The van der Waals surface area contributed by atoms with Gasteiger partial charge in [0.1, 0.15) is 0 Å². The molecule has 0 aliphatic carbocycles. The molecule has 0 amide bonds. The van der Waals surface area contributed by atoms with Crippen LogP contribution < -0.4 is 0 Å². The second-order valence-electron chi connectivity index (χ2n) is 3.45. The molecule has 0 aliphatic heterocycles. The zero-order valence-corrected chi connectivity index (χ0v) is 11.9. The van der Waals surface area contributed by atoms with Gasteiger partial charge in [0.15, 0.2) is 0 Å². The van der Waals surface area contributed by atoms with E-state index in [-0.39, 0.29) is 5.92 Å². The molecule has 86 valence electrons. The summed E-state index contributed by atoms with van der Waals surface area (Å²) < 4.78 is 0. The SMILES string of the molecule is CC#CC(C)Cc1c(Cl)c(Cl)cc(Cl)c1Cl. The van der Waals surface area contributed by atoms with Crippen LogP contribution in [0.2, 0.25) is 20.1 Å². The lowest BCUT2D eigenvalue weighted by Crippen LogP contribution is -1.99. The second-order valence-corrected chi connectivity index (χ2v) is 5.02. The molecule has 0 fully saturated rings. The third kappa shape index (κ3) is 3.22. The van der Waals surface area contributed by atoms with Crippen LogP contribution in [0.5, 0.6) is 0 Å². The van der Waals surface area contributed by atoms with Gasteiger partial charge in [0.05, 0.1) is 20.1 Å². The zero-order valence-electron chi connectivity index (χ0n) is 8.87. The Morgan fingerprint density at radius 1 is 1.12 bits per heavy atom. The molecule has 1 aromatic carbocycles. The van der Waals surface area contributed by atoms with Crippen molar-refractivity contribution in [2.24, 2.45) is 5.92 Å². The van der Waals surface area contributed by atoms with Gasteiger partial charge in [0.2, 0.25) is 0 Å². The van der Waals surface area contributed by atoms with Gasteiger partial charge in [-0.05, 0) is 25.0 Å². The number of rotatable bonds is 2. The average Bonchev–Trinajstić information content (AvgIpc) is 2.22. The molecule has 1 atom stereocenters. The lowest BCUT2D eigenvalue weighted by Gasteiger charge is -2.11. The summed E-state index contributed by atoms with van der Waals surface area (Å²) in [6, 6.07) is 1.55. The van der Waals surface area contributed by atoms with E-state index in [1.807, 2.05) is 6.92 Å². The smallest absolute Gasteiger partial charge is 0.0640 e. The first-order valence-electron chi connectivity index (χ1n) is 4.71. The number of hydrogen-bond acceptors (Lipinski definition) is 0. The van der Waals surface area contributed by atoms with E-state index in [0.29, 0.717) is 26.5 Å². The molecule has 0 bridgehead atoms. The summed E-state index contributed by atoms with van der Waals surface area (Å²) in [6.45, 7) is 3.79. The van der Waals surface area contributed by atoms with E-state index in [1.165, 1.54) is 0 Å². The Kier molecular flexibility index (Phi) is 5.28. The largest absolute Gasteiger partial charge is 0.106 e. The standard InChI is InChI=1S/C12H10Cl4/c1-3-4-7(2)5-8-11(15)9(13)6-10(14)12(8)16/h6-7H,5H2,1-2H3. The normalized spacial score (nSPS) is 11.9. The van der Waals surface area contributed by atoms with Crippen molar-refractivity contribution in [3.63, 3.8) is 0 Å². The third-order valence-corrected chi connectivity index (χ3v) is 3.76. The first kappa shape index (κ1) is 14.0. The Bertz CT molecular complexity index is 428. The van der Waals surface area contributed by atoms with Crippen molar-refractivity contribution < 1.29 is 0 Å². The quantitative estimate of drug-likeness (QED) is 0.499. The van der Waals surface area contributed by atoms with Gasteiger partial charge in [-0.25, -0.2) is 0 Å². The summed E-state index contributed by atoms with van der Waals surface area (Å²) in [7, 11) is 0. The Hall–Kier alpha value is -0.0600. The van der Waals surface area contributed by atoms with E-state index in [9.17, 15) is 0 Å². The fourth-order valence-corrected chi connectivity index (χ4v) is 2.41. The lowest BCUT2D eigenvalue weighted by atomic mass is 10.0. The van der Waals surface area contributed by atoms with Crippen LogP contribution in [-0.4, -0.2) is 0 Å². The minimum atomic E-state index is 0.162. The van der Waals surface area contributed by atoms with E-state index in [4.69, 9.17) is 46.4 Å². The Morgan fingerprint density at radius 2 is 1.62 bits per heavy atom. The van der Waals surface area contributed by atoms with Crippen LogP contribution in [0.3, 0.4) is 0 Å². The number of halogens is 4. The topological polar surface area (TPSA) is 0 Å².